The molecule has 0 aliphatic heterocycles. The Morgan fingerprint density at radius 3 is 2.47 bits per heavy atom. The van der Waals surface area contributed by atoms with Crippen molar-refractivity contribution in [3.05, 3.63) is 63.4 Å². The van der Waals surface area contributed by atoms with E-state index in [2.05, 4.69) is 0 Å². The highest BCUT2D eigenvalue weighted by atomic mass is 35.5. The molecular formula is C14H9Cl2FO2. The normalized spacial score (nSPS) is 10.3. The zero-order valence-corrected chi connectivity index (χ0v) is 11.2. The van der Waals surface area contributed by atoms with Crippen molar-refractivity contribution >= 4 is 29.5 Å². The van der Waals surface area contributed by atoms with Crippen LogP contribution in [0.1, 0.15) is 15.9 Å². The van der Waals surface area contributed by atoms with Crippen LogP contribution in [-0.4, -0.2) is 6.29 Å². The molecule has 19 heavy (non-hydrogen) atoms. The molecule has 0 fully saturated rings. The molecule has 0 bridgehead atoms. The van der Waals surface area contributed by atoms with Crippen molar-refractivity contribution in [1.82, 2.24) is 0 Å². The molecule has 2 aromatic rings. The highest BCUT2D eigenvalue weighted by Crippen LogP contribution is 2.26. The molecule has 0 radical (unpaired) electrons. The molecule has 0 heterocycles. The van der Waals surface area contributed by atoms with Gasteiger partial charge in [-0.3, -0.25) is 4.79 Å². The second kappa shape index (κ2) is 6.04. The van der Waals surface area contributed by atoms with E-state index in [0.29, 0.717) is 21.9 Å². The third kappa shape index (κ3) is 3.25. The van der Waals surface area contributed by atoms with Crippen molar-refractivity contribution in [1.29, 1.82) is 0 Å². The molecule has 0 saturated carbocycles. The minimum absolute atomic E-state index is 0.102. The SMILES string of the molecule is O=Cc1cc(F)ccc1OCc1c(Cl)cccc1Cl. The van der Waals surface area contributed by atoms with E-state index >= 15 is 0 Å². The monoisotopic (exact) mass is 298 g/mol. The summed E-state index contributed by atoms with van der Waals surface area (Å²) in [5.74, 6) is -0.211. The van der Waals surface area contributed by atoms with Crippen molar-refractivity contribution in [3.63, 3.8) is 0 Å². The lowest BCUT2D eigenvalue weighted by atomic mass is 10.2. The van der Waals surface area contributed by atoms with Gasteiger partial charge in [0.05, 0.1) is 5.56 Å². The summed E-state index contributed by atoms with van der Waals surface area (Å²) in [7, 11) is 0. The fraction of sp³-hybridized carbons (Fsp3) is 0.0714. The quantitative estimate of drug-likeness (QED) is 0.776. The first-order valence-corrected chi connectivity index (χ1v) is 6.18. The van der Waals surface area contributed by atoms with Gasteiger partial charge >= 0.3 is 0 Å². The zero-order chi connectivity index (χ0) is 13.8. The average Bonchev–Trinajstić information content (AvgIpc) is 2.39. The number of ether oxygens (including phenoxy) is 1. The number of carbonyl (C=O) groups is 1. The van der Waals surface area contributed by atoms with E-state index in [1.54, 1.807) is 18.2 Å². The Morgan fingerprint density at radius 1 is 1.16 bits per heavy atom. The smallest absolute Gasteiger partial charge is 0.153 e. The van der Waals surface area contributed by atoms with Crippen LogP contribution in [0.15, 0.2) is 36.4 Å². The van der Waals surface area contributed by atoms with Gasteiger partial charge in [0.1, 0.15) is 18.2 Å². The number of hydrogen-bond acceptors (Lipinski definition) is 2. The minimum Gasteiger partial charge on any atom is -0.488 e. The molecule has 5 heteroatoms. The van der Waals surface area contributed by atoms with Crippen LogP contribution in [0.3, 0.4) is 0 Å². The molecule has 0 amide bonds. The van der Waals surface area contributed by atoms with Crippen LogP contribution in [0.5, 0.6) is 5.75 Å². The Labute approximate surface area is 119 Å². The van der Waals surface area contributed by atoms with Crippen LogP contribution in [0.2, 0.25) is 10.0 Å². The number of hydrogen-bond donors (Lipinski definition) is 0. The van der Waals surface area contributed by atoms with Gasteiger partial charge < -0.3 is 4.74 Å². The fourth-order valence-electron chi connectivity index (χ4n) is 1.56. The number of aldehydes is 1. The molecule has 0 saturated heterocycles. The van der Waals surface area contributed by atoms with E-state index in [4.69, 9.17) is 27.9 Å². The molecule has 2 rings (SSSR count). The van der Waals surface area contributed by atoms with Crippen LogP contribution in [0.4, 0.5) is 4.39 Å². The van der Waals surface area contributed by atoms with Crippen LogP contribution in [0.25, 0.3) is 0 Å². The van der Waals surface area contributed by atoms with E-state index in [0.717, 1.165) is 6.07 Å². The van der Waals surface area contributed by atoms with Gasteiger partial charge in [-0.25, -0.2) is 4.39 Å². The third-order valence-corrected chi connectivity index (χ3v) is 3.24. The van der Waals surface area contributed by atoms with Crippen molar-refractivity contribution in [2.75, 3.05) is 0 Å². The first-order chi connectivity index (χ1) is 9.11. The Balaban J connectivity index is 2.21. The molecule has 0 aliphatic carbocycles. The largest absolute Gasteiger partial charge is 0.488 e. The van der Waals surface area contributed by atoms with Gasteiger partial charge in [-0.2, -0.15) is 0 Å². The summed E-state index contributed by atoms with van der Waals surface area (Å²) in [5, 5.41) is 0.949. The van der Waals surface area contributed by atoms with Crippen LogP contribution >= 0.6 is 23.2 Å². The van der Waals surface area contributed by atoms with Crippen molar-refractivity contribution < 1.29 is 13.9 Å². The summed E-state index contributed by atoms with van der Waals surface area (Å²) in [6, 6.07) is 8.83. The van der Waals surface area contributed by atoms with Gasteiger partial charge in [0.2, 0.25) is 0 Å². The van der Waals surface area contributed by atoms with Crippen LogP contribution in [0, 0.1) is 5.82 Å². The number of benzene rings is 2. The summed E-state index contributed by atoms with van der Waals surface area (Å²) in [6.07, 6.45) is 0.534. The number of halogens is 3. The van der Waals surface area contributed by atoms with Gasteiger partial charge in [0, 0.05) is 15.6 Å². The Bertz CT molecular complexity index is 594. The second-order valence-electron chi connectivity index (χ2n) is 3.79. The Hall–Kier alpha value is -1.58. The standard InChI is InChI=1S/C14H9Cl2FO2/c15-12-2-1-3-13(16)11(12)8-19-14-5-4-10(17)6-9(14)7-18/h1-7H,8H2. The van der Waals surface area contributed by atoms with Gasteiger partial charge in [-0.15, -0.1) is 0 Å². The maximum Gasteiger partial charge on any atom is 0.153 e. The molecule has 0 N–H and O–H groups in total. The van der Waals surface area contributed by atoms with Gasteiger partial charge in [-0.1, -0.05) is 29.3 Å². The van der Waals surface area contributed by atoms with Gasteiger partial charge in [0.25, 0.3) is 0 Å². The summed E-state index contributed by atoms with van der Waals surface area (Å²) < 4.78 is 18.4. The zero-order valence-electron chi connectivity index (χ0n) is 9.70. The minimum atomic E-state index is -0.495. The molecule has 0 atom stereocenters. The molecule has 2 nitrogen and oxygen atoms in total. The predicted octanol–water partition coefficient (Wildman–Crippen LogP) is 4.52. The molecule has 0 aromatic heterocycles. The van der Waals surface area contributed by atoms with Crippen molar-refractivity contribution in [2.45, 2.75) is 6.61 Å². The first kappa shape index (κ1) is 13.8. The van der Waals surface area contributed by atoms with Crippen molar-refractivity contribution in [3.8, 4) is 5.75 Å². The number of carbonyl (C=O) groups excluding carboxylic acids is 1. The third-order valence-electron chi connectivity index (χ3n) is 2.53. The highest BCUT2D eigenvalue weighted by molar-refractivity contribution is 6.35. The van der Waals surface area contributed by atoms with Crippen molar-refractivity contribution in [2.24, 2.45) is 0 Å². The van der Waals surface area contributed by atoms with E-state index in [9.17, 15) is 9.18 Å². The van der Waals surface area contributed by atoms with Gasteiger partial charge in [0.15, 0.2) is 6.29 Å². The summed E-state index contributed by atoms with van der Waals surface area (Å²) in [6.45, 7) is 0.102. The molecule has 2 aromatic carbocycles. The van der Waals surface area contributed by atoms with Crippen LogP contribution < -0.4 is 4.74 Å². The highest BCUT2D eigenvalue weighted by Gasteiger charge is 2.09. The topological polar surface area (TPSA) is 26.3 Å². The number of rotatable bonds is 4. The lowest BCUT2D eigenvalue weighted by Gasteiger charge is -2.11. The van der Waals surface area contributed by atoms with E-state index in [-0.39, 0.29) is 17.9 Å². The summed E-state index contributed by atoms with van der Waals surface area (Å²) in [5.41, 5.74) is 0.759. The average molecular weight is 299 g/mol. The molecular weight excluding hydrogens is 290 g/mol. The molecule has 0 aliphatic rings. The Morgan fingerprint density at radius 2 is 1.84 bits per heavy atom. The fourth-order valence-corrected chi connectivity index (χ4v) is 2.07. The predicted molar refractivity (Wildman–Crippen MR) is 72.6 cm³/mol. The first-order valence-electron chi connectivity index (χ1n) is 5.42. The second-order valence-corrected chi connectivity index (χ2v) is 4.60. The van der Waals surface area contributed by atoms with Crippen LogP contribution in [-0.2, 0) is 6.61 Å². The van der Waals surface area contributed by atoms with E-state index in [1.807, 2.05) is 0 Å². The molecule has 98 valence electrons. The van der Waals surface area contributed by atoms with Gasteiger partial charge in [-0.05, 0) is 30.3 Å². The maximum absolute atomic E-state index is 13.0. The molecule has 0 spiro atoms. The summed E-state index contributed by atoms with van der Waals surface area (Å²) in [4.78, 5) is 10.8. The maximum atomic E-state index is 13.0. The lowest BCUT2D eigenvalue weighted by Crippen LogP contribution is -2.00. The van der Waals surface area contributed by atoms with E-state index in [1.165, 1.54) is 12.1 Å². The molecule has 0 unspecified atom stereocenters. The summed E-state index contributed by atoms with van der Waals surface area (Å²) >= 11 is 12.0. The lowest BCUT2D eigenvalue weighted by molar-refractivity contribution is 0.111. The Kier molecular flexibility index (Phi) is 4.40. The van der Waals surface area contributed by atoms with E-state index < -0.39 is 5.82 Å².